The van der Waals surface area contributed by atoms with Crippen LogP contribution >= 0.6 is 0 Å². The maximum absolute atomic E-state index is 10.8. The Balaban J connectivity index is 2.39. The molecule has 2 atom stereocenters. The fourth-order valence-corrected chi connectivity index (χ4v) is 3.60. The van der Waals surface area contributed by atoms with E-state index in [4.69, 9.17) is 4.74 Å². The van der Waals surface area contributed by atoms with Crippen LogP contribution in [0.3, 0.4) is 0 Å². The molecular weight excluding hydrogens is 298 g/mol. The first-order chi connectivity index (χ1) is 10.9. The molecule has 24 heavy (non-hydrogen) atoms. The van der Waals surface area contributed by atoms with E-state index in [2.05, 4.69) is 72.4 Å². The van der Waals surface area contributed by atoms with Gasteiger partial charge in [0, 0.05) is 19.6 Å². The van der Waals surface area contributed by atoms with Crippen LogP contribution in [0, 0.1) is 0 Å². The van der Waals surface area contributed by atoms with Crippen LogP contribution in [0.25, 0.3) is 0 Å². The van der Waals surface area contributed by atoms with Gasteiger partial charge in [0.1, 0.15) is 5.75 Å². The number of ether oxygens (including phenoxy) is 1. The SMILES string of the molecule is C[C@@H]1CN(Cc2cc(C(C)(C)C)c(O)c(C(C)(C)C)c2)C[C@@H](C)O1. The lowest BCUT2D eigenvalue weighted by Crippen LogP contribution is -2.44. The largest absolute Gasteiger partial charge is 0.507 e. The van der Waals surface area contributed by atoms with Crippen molar-refractivity contribution in [2.24, 2.45) is 0 Å². The number of hydrogen-bond donors (Lipinski definition) is 1. The molecule has 0 spiro atoms. The van der Waals surface area contributed by atoms with Crippen LogP contribution < -0.4 is 0 Å². The summed E-state index contributed by atoms with van der Waals surface area (Å²) in [7, 11) is 0. The van der Waals surface area contributed by atoms with Crippen molar-refractivity contribution in [1.29, 1.82) is 0 Å². The summed E-state index contributed by atoms with van der Waals surface area (Å²) in [5, 5.41) is 10.8. The average molecular weight is 334 g/mol. The van der Waals surface area contributed by atoms with E-state index in [-0.39, 0.29) is 23.0 Å². The highest BCUT2D eigenvalue weighted by atomic mass is 16.5. The monoisotopic (exact) mass is 333 g/mol. The Morgan fingerprint density at radius 2 is 1.38 bits per heavy atom. The number of aromatic hydroxyl groups is 1. The van der Waals surface area contributed by atoms with E-state index in [0.717, 1.165) is 30.8 Å². The predicted octanol–water partition coefficient (Wildman–Crippen LogP) is 4.60. The topological polar surface area (TPSA) is 32.7 Å². The van der Waals surface area contributed by atoms with Crippen molar-refractivity contribution < 1.29 is 9.84 Å². The van der Waals surface area contributed by atoms with E-state index in [0.29, 0.717) is 5.75 Å². The Morgan fingerprint density at radius 1 is 0.958 bits per heavy atom. The lowest BCUT2D eigenvalue weighted by Gasteiger charge is -2.36. The highest BCUT2D eigenvalue weighted by molar-refractivity contribution is 5.49. The maximum Gasteiger partial charge on any atom is 0.123 e. The van der Waals surface area contributed by atoms with Gasteiger partial charge in [-0.1, -0.05) is 53.7 Å². The van der Waals surface area contributed by atoms with Crippen LogP contribution in [0.1, 0.15) is 72.1 Å². The van der Waals surface area contributed by atoms with Gasteiger partial charge >= 0.3 is 0 Å². The van der Waals surface area contributed by atoms with Gasteiger partial charge in [-0.3, -0.25) is 4.90 Å². The highest BCUT2D eigenvalue weighted by Crippen LogP contribution is 2.40. The van der Waals surface area contributed by atoms with Crippen molar-refractivity contribution in [3.8, 4) is 5.75 Å². The summed E-state index contributed by atoms with van der Waals surface area (Å²) in [5.74, 6) is 0.461. The van der Waals surface area contributed by atoms with Gasteiger partial charge in [0.15, 0.2) is 0 Å². The molecule has 0 amide bonds. The Morgan fingerprint density at radius 3 is 1.75 bits per heavy atom. The lowest BCUT2D eigenvalue weighted by molar-refractivity contribution is -0.0705. The van der Waals surface area contributed by atoms with E-state index >= 15 is 0 Å². The summed E-state index contributed by atoms with van der Waals surface area (Å²) < 4.78 is 5.85. The molecule has 1 heterocycles. The van der Waals surface area contributed by atoms with Crippen molar-refractivity contribution in [1.82, 2.24) is 4.90 Å². The minimum atomic E-state index is -0.0777. The molecule has 0 aliphatic carbocycles. The molecule has 0 aromatic heterocycles. The van der Waals surface area contributed by atoms with Crippen LogP contribution in [-0.4, -0.2) is 35.3 Å². The number of morpholine rings is 1. The molecule has 136 valence electrons. The molecule has 1 N–H and O–H groups in total. The third-order valence-corrected chi connectivity index (χ3v) is 4.69. The second-order valence-electron chi connectivity index (χ2n) is 9.49. The van der Waals surface area contributed by atoms with Gasteiger partial charge in [-0.2, -0.15) is 0 Å². The Labute approximate surface area is 148 Å². The minimum Gasteiger partial charge on any atom is -0.507 e. The van der Waals surface area contributed by atoms with Gasteiger partial charge in [0.25, 0.3) is 0 Å². The quantitative estimate of drug-likeness (QED) is 0.859. The molecule has 0 saturated carbocycles. The summed E-state index contributed by atoms with van der Waals surface area (Å²) in [6.45, 7) is 20.1. The molecule has 0 radical (unpaired) electrons. The summed E-state index contributed by atoms with van der Waals surface area (Å²) >= 11 is 0. The van der Waals surface area contributed by atoms with Gasteiger partial charge in [-0.25, -0.2) is 0 Å². The molecule has 1 fully saturated rings. The number of phenolic OH excluding ortho intramolecular Hbond substituents is 1. The standard InChI is InChI=1S/C21H35NO2/c1-14-11-22(12-15(2)24-14)13-16-9-17(20(3,4)5)19(23)18(10-16)21(6,7)8/h9-10,14-15,23H,11-13H2,1-8H3/t14-,15-/m1/s1. The van der Waals surface area contributed by atoms with Crippen LogP contribution in [-0.2, 0) is 22.1 Å². The smallest absolute Gasteiger partial charge is 0.123 e. The minimum absolute atomic E-state index is 0.0777. The van der Waals surface area contributed by atoms with Gasteiger partial charge in [0.2, 0.25) is 0 Å². The van der Waals surface area contributed by atoms with Gasteiger partial charge < -0.3 is 9.84 Å². The molecule has 1 aromatic carbocycles. The predicted molar refractivity (Wildman–Crippen MR) is 101 cm³/mol. The van der Waals surface area contributed by atoms with E-state index in [9.17, 15) is 5.11 Å². The second kappa shape index (κ2) is 6.68. The Hall–Kier alpha value is -1.06. The van der Waals surface area contributed by atoms with Gasteiger partial charge in [-0.15, -0.1) is 0 Å². The molecule has 2 rings (SSSR count). The van der Waals surface area contributed by atoms with E-state index < -0.39 is 0 Å². The van der Waals surface area contributed by atoms with Crippen LogP contribution in [0.4, 0.5) is 0 Å². The van der Waals surface area contributed by atoms with Crippen molar-refractivity contribution in [2.75, 3.05) is 13.1 Å². The van der Waals surface area contributed by atoms with Crippen LogP contribution in [0.15, 0.2) is 12.1 Å². The summed E-state index contributed by atoms with van der Waals surface area (Å²) in [5.41, 5.74) is 3.21. The zero-order valence-electron chi connectivity index (χ0n) is 16.7. The van der Waals surface area contributed by atoms with E-state index in [1.165, 1.54) is 5.56 Å². The molecule has 1 aromatic rings. The molecular formula is C21H35NO2. The third-order valence-electron chi connectivity index (χ3n) is 4.69. The van der Waals surface area contributed by atoms with E-state index in [1.54, 1.807) is 0 Å². The molecule has 1 saturated heterocycles. The van der Waals surface area contributed by atoms with Crippen molar-refractivity contribution in [3.63, 3.8) is 0 Å². The molecule has 3 heteroatoms. The molecule has 0 bridgehead atoms. The molecule has 3 nitrogen and oxygen atoms in total. The third kappa shape index (κ3) is 4.52. The molecule has 1 aliphatic heterocycles. The first-order valence-electron chi connectivity index (χ1n) is 9.12. The van der Waals surface area contributed by atoms with Crippen molar-refractivity contribution in [2.45, 2.75) is 85.0 Å². The number of rotatable bonds is 2. The fraction of sp³-hybridized carbons (Fsp3) is 0.714. The van der Waals surface area contributed by atoms with Crippen molar-refractivity contribution >= 4 is 0 Å². The number of benzene rings is 1. The Kier molecular flexibility index (Phi) is 5.37. The first-order valence-corrected chi connectivity index (χ1v) is 9.12. The van der Waals surface area contributed by atoms with Crippen LogP contribution in [0.2, 0.25) is 0 Å². The zero-order valence-corrected chi connectivity index (χ0v) is 16.7. The summed E-state index contributed by atoms with van der Waals surface area (Å²) in [6.07, 6.45) is 0.546. The Bertz CT molecular complexity index is 535. The molecule has 0 unspecified atom stereocenters. The average Bonchev–Trinajstić information content (AvgIpc) is 2.36. The lowest BCUT2D eigenvalue weighted by atomic mass is 9.78. The van der Waals surface area contributed by atoms with E-state index in [1.807, 2.05) is 0 Å². The van der Waals surface area contributed by atoms with Crippen molar-refractivity contribution in [3.05, 3.63) is 28.8 Å². The normalized spacial score (nSPS) is 23.5. The highest BCUT2D eigenvalue weighted by Gasteiger charge is 2.28. The summed E-state index contributed by atoms with van der Waals surface area (Å²) in [6, 6.07) is 4.38. The number of nitrogens with zero attached hydrogens (tertiary/aromatic N) is 1. The first kappa shape index (κ1) is 19.3. The number of hydrogen-bond acceptors (Lipinski definition) is 3. The summed E-state index contributed by atoms with van der Waals surface area (Å²) in [4.78, 5) is 2.46. The fourth-order valence-electron chi connectivity index (χ4n) is 3.60. The number of phenols is 1. The van der Waals surface area contributed by atoms with Crippen LogP contribution in [0.5, 0.6) is 5.75 Å². The van der Waals surface area contributed by atoms with Gasteiger partial charge in [-0.05, 0) is 41.4 Å². The van der Waals surface area contributed by atoms with Gasteiger partial charge in [0.05, 0.1) is 12.2 Å². The molecule has 1 aliphatic rings. The zero-order chi connectivity index (χ0) is 18.3. The second-order valence-corrected chi connectivity index (χ2v) is 9.49. The maximum atomic E-state index is 10.8.